The van der Waals surface area contributed by atoms with Gasteiger partial charge in [-0.15, -0.1) is 12.4 Å². The lowest BCUT2D eigenvalue weighted by Crippen LogP contribution is -2.42. The summed E-state index contributed by atoms with van der Waals surface area (Å²) >= 11 is 5.96. The van der Waals surface area contributed by atoms with Crippen LogP contribution in [-0.2, 0) is 14.8 Å². The Kier molecular flexibility index (Phi) is 8.43. The highest BCUT2D eigenvalue weighted by Crippen LogP contribution is 2.32. The van der Waals surface area contributed by atoms with E-state index in [1.807, 2.05) is 7.05 Å². The van der Waals surface area contributed by atoms with Crippen LogP contribution in [0.1, 0.15) is 12.8 Å². The standard InChI is InChI=1S/C15H22ClN3O4S.ClH/c1-18-8-11-3-2-6-19(9-11)24(21,22)14-7-12(16)4-5-13(14)23-10-15(17)20;/h4-5,7,11,18H,2-3,6,8-10H2,1H3,(H2,17,20);1H. The van der Waals surface area contributed by atoms with Crippen molar-refractivity contribution in [3.05, 3.63) is 23.2 Å². The van der Waals surface area contributed by atoms with E-state index in [2.05, 4.69) is 5.32 Å². The molecule has 25 heavy (non-hydrogen) atoms. The third kappa shape index (κ3) is 5.72. The van der Waals surface area contributed by atoms with Crippen LogP contribution in [0.15, 0.2) is 23.1 Å². The lowest BCUT2D eigenvalue weighted by molar-refractivity contribution is -0.120. The number of piperidine rings is 1. The number of nitrogens with zero attached hydrogens (tertiary/aromatic N) is 1. The average Bonchev–Trinajstić information content (AvgIpc) is 2.54. The predicted octanol–water partition coefficient (Wildman–Crippen LogP) is 1.25. The zero-order chi connectivity index (χ0) is 17.7. The van der Waals surface area contributed by atoms with E-state index in [1.54, 1.807) is 0 Å². The van der Waals surface area contributed by atoms with Crippen molar-refractivity contribution >= 4 is 39.9 Å². The fourth-order valence-electron chi connectivity index (χ4n) is 2.79. The molecule has 0 bridgehead atoms. The molecule has 142 valence electrons. The van der Waals surface area contributed by atoms with Crippen molar-refractivity contribution < 1.29 is 17.9 Å². The number of rotatable bonds is 7. The highest BCUT2D eigenvalue weighted by Gasteiger charge is 2.32. The van der Waals surface area contributed by atoms with Gasteiger partial charge in [0.2, 0.25) is 10.0 Å². The third-order valence-electron chi connectivity index (χ3n) is 3.87. The average molecular weight is 412 g/mol. The number of nitrogens with two attached hydrogens (primary N) is 1. The number of primary amides is 1. The van der Waals surface area contributed by atoms with E-state index in [1.165, 1.54) is 22.5 Å². The van der Waals surface area contributed by atoms with E-state index >= 15 is 0 Å². The van der Waals surface area contributed by atoms with Crippen molar-refractivity contribution in [1.82, 2.24) is 9.62 Å². The number of nitrogens with one attached hydrogen (secondary N) is 1. The van der Waals surface area contributed by atoms with Crippen molar-refractivity contribution in [2.24, 2.45) is 11.7 Å². The van der Waals surface area contributed by atoms with Crippen LogP contribution in [0.4, 0.5) is 0 Å². The summed E-state index contributed by atoms with van der Waals surface area (Å²) in [5.41, 5.74) is 5.07. The van der Waals surface area contributed by atoms with Gasteiger partial charge >= 0.3 is 0 Å². The molecule has 0 saturated carbocycles. The molecule has 0 spiro atoms. The summed E-state index contributed by atoms with van der Waals surface area (Å²) in [4.78, 5) is 10.9. The molecular weight excluding hydrogens is 389 g/mol. The topological polar surface area (TPSA) is 102 Å². The molecule has 1 atom stereocenters. The lowest BCUT2D eigenvalue weighted by atomic mass is 10.00. The minimum atomic E-state index is -3.77. The van der Waals surface area contributed by atoms with E-state index in [0.29, 0.717) is 13.1 Å². The van der Waals surface area contributed by atoms with E-state index < -0.39 is 22.5 Å². The molecule has 1 saturated heterocycles. The first-order valence-corrected chi connectivity index (χ1v) is 9.51. The third-order valence-corrected chi connectivity index (χ3v) is 5.99. The first-order chi connectivity index (χ1) is 11.3. The van der Waals surface area contributed by atoms with Crippen LogP contribution in [0.3, 0.4) is 0 Å². The van der Waals surface area contributed by atoms with Gasteiger partial charge in [0.05, 0.1) is 0 Å². The van der Waals surface area contributed by atoms with Crippen molar-refractivity contribution in [3.8, 4) is 5.75 Å². The van der Waals surface area contributed by atoms with Crippen LogP contribution in [0, 0.1) is 5.92 Å². The summed E-state index contributed by atoms with van der Waals surface area (Å²) in [5.74, 6) is -0.345. The highest BCUT2D eigenvalue weighted by atomic mass is 35.5. The fraction of sp³-hybridized carbons (Fsp3) is 0.533. The maximum absolute atomic E-state index is 13.0. The van der Waals surface area contributed by atoms with Crippen LogP contribution >= 0.6 is 24.0 Å². The Morgan fingerprint density at radius 2 is 2.20 bits per heavy atom. The van der Waals surface area contributed by atoms with E-state index in [-0.39, 0.29) is 34.0 Å². The molecule has 1 aromatic carbocycles. The zero-order valence-electron chi connectivity index (χ0n) is 13.9. The number of hydrogen-bond acceptors (Lipinski definition) is 5. The normalized spacial score (nSPS) is 18.4. The molecule has 0 aromatic heterocycles. The number of carbonyl (C=O) groups is 1. The monoisotopic (exact) mass is 411 g/mol. The van der Waals surface area contributed by atoms with E-state index in [0.717, 1.165) is 19.4 Å². The van der Waals surface area contributed by atoms with Crippen LogP contribution in [0.2, 0.25) is 5.02 Å². The van der Waals surface area contributed by atoms with Crippen molar-refractivity contribution in [3.63, 3.8) is 0 Å². The highest BCUT2D eigenvalue weighted by molar-refractivity contribution is 7.89. The van der Waals surface area contributed by atoms with Crippen LogP contribution in [0.5, 0.6) is 5.75 Å². The minimum absolute atomic E-state index is 0. The summed E-state index contributed by atoms with van der Waals surface area (Å²) in [5, 5.41) is 3.37. The number of amides is 1. The summed E-state index contributed by atoms with van der Waals surface area (Å²) < 4.78 is 32.7. The first kappa shape index (κ1) is 22.0. The summed E-state index contributed by atoms with van der Waals surface area (Å²) in [7, 11) is -1.92. The Balaban J connectivity index is 0.00000312. The van der Waals surface area contributed by atoms with Crippen LogP contribution in [-0.4, -0.2) is 51.9 Å². The molecule has 0 aliphatic carbocycles. The number of halogens is 2. The molecular formula is C15H23Cl2N3O4S. The molecule has 3 N–H and O–H groups in total. The van der Waals surface area contributed by atoms with Crippen molar-refractivity contribution in [1.29, 1.82) is 0 Å². The van der Waals surface area contributed by atoms with Gasteiger partial charge in [0, 0.05) is 18.1 Å². The van der Waals surface area contributed by atoms with Crippen LogP contribution < -0.4 is 15.8 Å². The van der Waals surface area contributed by atoms with Crippen LogP contribution in [0.25, 0.3) is 0 Å². The number of carbonyl (C=O) groups excluding carboxylic acids is 1. The number of benzene rings is 1. The molecule has 0 radical (unpaired) electrons. The van der Waals surface area contributed by atoms with E-state index in [4.69, 9.17) is 22.1 Å². The van der Waals surface area contributed by atoms with Gasteiger partial charge in [0.15, 0.2) is 6.61 Å². The quantitative estimate of drug-likeness (QED) is 0.702. The van der Waals surface area contributed by atoms with Gasteiger partial charge in [0.1, 0.15) is 10.6 Å². The molecule has 7 nitrogen and oxygen atoms in total. The van der Waals surface area contributed by atoms with Crippen molar-refractivity contribution in [2.75, 3.05) is 33.3 Å². The lowest BCUT2D eigenvalue weighted by Gasteiger charge is -2.32. The summed E-state index contributed by atoms with van der Waals surface area (Å²) in [6.45, 7) is 1.24. The Labute approximate surface area is 159 Å². The predicted molar refractivity (Wildman–Crippen MR) is 98.8 cm³/mol. The Morgan fingerprint density at radius 1 is 1.48 bits per heavy atom. The molecule has 1 fully saturated rings. The zero-order valence-corrected chi connectivity index (χ0v) is 16.3. The van der Waals surface area contributed by atoms with Gasteiger partial charge in [-0.2, -0.15) is 4.31 Å². The molecule has 10 heteroatoms. The van der Waals surface area contributed by atoms with Gasteiger partial charge in [-0.25, -0.2) is 8.42 Å². The van der Waals surface area contributed by atoms with Gasteiger partial charge < -0.3 is 15.8 Å². The Morgan fingerprint density at radius 3 is 2.84 bits per heavy atom. The van der Waals surface area contributed by atoms with Gasteiger partial charge in [-0.05, 0) is 50.6 Å². The largest absolute Gasteiger partial charge is 0.482 e. The Hall–Kier alpha value is -1.06. The second-order valence-electron chi connectivity index (χ2n) is 5.78. The molecule has 1 aliphatic rings. The maximum Gasteiger partial charge on any atom is 0.255 e. The minimum Gasteiger partial charge on any atom is -0.482 e. The van der Waals surface area contributed by atoms with Gasteiger partial charge in [-0.3, -0.25) is 4.79 Å². The number of sulfonamides is 1. The van der Waals surface area contributed by atoms with Gasteiger partial charge in [-0.1, -0.05) is 11.6 Å². The molecule has 1 aromatic rings. The smallest absolute Gasteiger partial charge is 0.255 e. The summed E-state index contributed by atoms with van der Waals surface area (Å²) in [6, 6.07) is 4.29. The molecule has 1 heterocycles. The molecule has 1 aliphatic heterocycles. The fourth-order valence-corrected chi connectivity index (χ4v) is 4.74. The Bertz CT molecular complexity index is 698. The number of hydrogen-bond donors (Lipinski definition) is 2. The second-order valence-corrected chi connectivity index (χ2v) is 8.12. The first-order valence-electron chi connectivity index (χ1n) is 7.70. The molecule has 1 unspecified atom stereocenters. The van der Waals surface area contributed by atoms with E-state index in [9.17, 15) is 13.2 Å². The molecule has 2 rings (SSSR count). The van der Waals surface area contributed by atoms with Gasteiger partial charge in [0.25, 0.3) is 5.91 Å². The summed E-state index contributed by atoms with van der Waals surface area (Å²) in [6.07, 6.45) is 1.77. The molecule has 1 amide bonds. The maximum atomic E-state index is 13.0. The second kappa shape index (κ2) is 9.59. The van der Waals surface area contributed by atoms with Crippen molar-refractivity contribution in [2.45, 2.75) is 17.7 Å². The number of ether oxygens (including phenoxy) is 1. The SMILES string of the molecule is CNCC1CCCN(S(=O)(=O)c2cc(Cl)ccc2OCC(N)=O)C1.Cl.